The summed E-state index contributed by atoms with van der Waals surface area (Å²) in [5.74, 6) is -1.28. The van der Waals surface area contributed by atoms with Gasteiger partial charge in [-0.3, -0.25) is 4.79 Å². The number of hydrazone groups is 1. The number of nitrogens with one attached hydrogen (secondary N) is 1. The standard InChI is InChI=1S/C19H18Cl2FN3O3S/c20-14-4-6-15(7-5-14)29(27,28)25-10-8-13(9-11-25)19(26)24-23-12-16-17(21)2-1-3-18(16)22/h1-7,12-13H,8-11H2,(H,24,26)/b23-12-. The minimum atomic E-state index is -3.63. The molecule has 1 amide bonds. The first-order valence-corrected chi connectivity index (χ1v) is 11.0. The Morgan fingerprint density at radius 1 is 1.14 bits per heavy atom. The molecule has 1 fully saturated rings. The maximum absolute atomic E-state index is 13.7. The zero-order valence-electron chi connectivity index (χ0n) is 15.2. The van der Waals surface area contributed by atoms with Gasteiger partial charge in [-0.1, -0.05) is 29.3 Å². The van der Waals surface area contributed by atoms with Crippen LogP contribution in [-0.2, 0) is 14.8 Å². The van der Waals surface area contributed by atoms with Crippen molar-refractivity contribution >= 4 is 45.3 Å². The van der Waals surface area contributed by atoms with Gasteiger partial charge in [0.1, 0.15) is 5.82 Å². The van der Waals surface area contributed by atoms with E-state index in [1.165, 1.54) is 46.8 Å². The summed E-state index contributed by atoms with van der Waals surface area (Å²) in [7, 11) is -3.63. The Bertz CT molecular complexity index is 1000. The van der Waals surface area contributed by atoms with Crippen molar-refractivity contribution < 1.29 is 17.6 Å². The second-order valence-electron chi connectivity index (χ2n) is 6.50. The molecule has 3 rings (SSSR count). The average molecular weight is 458 g/mol. The van der Waals surface area contributed by atoms with Crippen molar-refractivity contribution in [2.45, 2.75) is 17.7 Å². The van der Waals surface area contributed by atoms with Crippen LogP contribution in [0.2, 0.25) is 10.0 Å². The molecule has 0 radical (unpaired) electrons. The van der Waals surface area contributed by atoms with E-state index in [1.807, 2.05) is 0 Å². The molecule has 1 heterocycles. The van der Waals surface area contributed by atoms with Gasteiger partial charge in [0.15, 0.2) is 0 Å². The molecule has 0 spiro atoms. The van der Waals surface area contributed by atoms with Crippen LogP contribution in [0.3, 0.4) is 0 Å². The van der Waals surface area contributed by atoms with Crippen LogP contribution in [-0.4, -0.2) is 37.9 Å². The molecule has 154 valence electrons. The van der Waals surface area contributed by atoms with E-state index in [9.17, 15) is 17.6 Å². The molecule has 0 unspecified atom stereocenters. The van der Waals surface area contributed by atoms with Gasteiger partial charge in [0, 0.05) is 29.6 Å². The summed E-state index contributed by atoms with van der Waals surface area (Å²) >= 11 is 11.7. The highest BCUT2D eigenvalue weighted by molar-refractivity contribution is 7.89. The minimum Gasteiger partial charge on any atom is -0.273 e. The van der Waals surface area contributed by atoms with Crippen molar-refractivity contribution in [3.63, 3.8) is 0 Å². The van der Waals surface area contributed by atoms with Gasteiger partial charge in [-0.25, -0.2) is 18.2 Å². The number of carbonyl (C=O) groups is 1. The molecular formula is C19H18Cl2FN3O3S. The van der Waals surface area contributed by atoms with Crippen LogP contribution in [0.1, 0.15) is 18.4 Å². The Hall–Kier alpha value is -2.00. The third kappa shape index (κ3) is 5.14. The van der Waals surface area contributed by atoms with Crippen molar-refractivity contribution in [3.8, 4) is 0 Å². The third-order valence-corrected chi connectivity index (χ3v) is 7.14. The van der Waals surface area contributed by atoms with E-state index in [0.29, 0.717) is 17.9 Å². The summed E-state index contributed by atoms with van der Waals surface area (Å²) in [5, 5.41) is 4.41. The summed E-state index contributed by atoms with van der Waals surface area (Å²) in [6, 6.07) is 10.2. The fraction of sp³-hybridized carbons (Fsp3) is 0.263. The van der Waals surface area contributed by atoms with Crippen LogP contribution in [0.15, 0.2) is 52.5 Å². The molecule has 1 aliphatic heterocycles. The predicted molar refractivity (Wildman–Crippen MR) is 110 cm³/mol. The molecule has 6 nitrogen and oxygen atoms in total. The average Bonchev–Trinajstić information content (AvgIpc) is 2.70. The van der Waals surface area contributed by atoms with Gasteiger partial charge < -0.3 is 0 Å². The SMILES string of the molecule is O=C(N/N=C\c1c(F)cccc1Cl)C1CCN(S(=O)(=O)c2ccc(Cl)cc2)CC1. The van der Waals surface area contributed by atoms with E-state index in [1.54, 1.807) is 0 Å². The van der Waals surface area contributed by atoms with Crippen molar-refractivity contribution in [1.29, 1.82) is 0 Å². The number of rotatable bonds is 5. The fourth-order valence-electron chi connectivity index (χ4n) is 3.00. The lowest BCUT2D eigenvalue weighted by Crippen LogP contribution is -2.42. The zero-order chi connectivity index (χ0) is 21.0. The smallest absolute Gasteiger partial charge is 0.243 e. The van der Waals surface area contributed by atoms with E-state index in [2.05, 4.69) is 10.5 Å². The predicted octanol–water partition coefficient (Wildman–Crippen LogP) is 3.68. The molecular weight excluding hydrogens is 440 g/mol. The minimum absolute atomic E-state index is 0.0818. The van der Waals surface area contributed by atoms with Crippen molar-refractivity contribution in [2.24, 2.45) is 11.0 Å². The van der Waals surface area contributed by atoms with Crippen LogP contribution < -0.4 is 5.43 Å². The number of hydrogen-bond donors (Lipinski definition) is 1. The molecule has 0 atom stereocenters. The van der Waals surface area contributed by atoms with Gasteiger partial charge in [0.05, 0.1) is 16.1 Å². The van der Waals surface area contributed by atoms with E-state index in [4.69, 9.17) is 23.2 Å². The molecule has 1 aliphatic rings. The number of sulfonamides is 1. The van der Waals surface area contributed by atoms with Crippen LogP contribution in [0, 0.1) is 11.7 Å². The van der Waals surface area contributed by atoms with Crippen LogP contribution >= 0.6 is 23.2 Å². The first-order chi connectivity index (χ1) is 13.8. The highest BCUT2D eigenvalue weighted by atomic mass is 35.5. The Kier molecular flexibility index (Phi) is 6.89. The molecule has 2 aromatic rings. The van der Waals surface area contributed by atoms with Gasteiger partial charge in [-0.05, 0) is 49.2 Å². The van der Waals surface area contributed by atoms with Crippen LogP contribution in [0.25, 0.3) is 0 Å². The topological polar surface area (TPSA) is 78.8 Å². The van der Waals surface area contributed by atoms with E-state index < -0.39 is 15.8 Å². The van der Waals surface area contributed by atoms with Gasteiger partial charge >= 0.3 is 0 Å². The normalized spacial score (nSPS) is 16.2. The maximum Gasteiger partial charge on any atom is 0.243 e. The van der Waals surface area contributed by atoms with Crippen molar-refractivity contribution in [3.05, 3.63) is 63.9 Å². The highest BCUT2D eigenvalue weighted by Gasteiger charge is 2.32. The lowest BCUT2D eigenvalue weighted by atomic mass is 9.98. The Morgan fingerprint density at radius 2 is 1.79 bits per heavy atom. The summed E-state index contributed by atoms with van der Waals surface area (Å²) in [4.78, 5) is 12.5. The molecule has 10 heteroatoms. The lowest BCUT2D eigenvalue weighted by molar-refractivity contribution is -0.126. The zero-order valence-corrected chi connectivity index (χ0v) is 17.5. The van der Waals surface area contributed by atoms with Gasteiger partial charge in [0.25, 0.3) is 0 Å². The summed E-state index contributed by atoms with van der Waals surface area (Å²) in [6.45, 7) is 0.428. The first kappa shape index (κ1) is 21.7. The number of nitrogens with zero attached hydrogens (tertiary/aromatic N) is 2. The summed E-state index contributed by atoms with van der Waals surface area (Å²) < 4.78 is 40.4. The number of piperidine rings is 1. The number of benzene rings is 2. The number of hydrogen-bond acceptors (Lipinski definition) is 4. The molecule has 0 aromatic heterocycles. The van der Waals surface area contributed by atoms with Gasteiger partial charge in [-0.15, -0.1) is 0 Å². The fourth-order valence-corrected chi connectivity index (χ4v) is 4.81. The Balaban J connectivity index is 1.57. The molecule has 1 N–H and O–H groups in total. The second-order valence-corrected chi connectivity index (χ2v) is 9.28. The molecule has 1 saturated heterocycles. The number of carbonyl (C=O) groups excluding carboxylic acids is 1. The Labute approximate surface area is 178 Å². The summed E-state index contributed by atoms with van der Waals surface area (Å²) in [5.41, 5.74) is 2.45. The highest BCUT2D eigenvalue weighted by Crippen LogP contribution is 2.25. The van der Waals surface area contributed by atoms with Crippen LogP contribution in [0.4, 0.5) is 4.39 Å². The van der Waals surface area contributed by atoms with E-state index in [0.717, 1.165) is 6.21 Å². The van der Waals surface area contributed by atoms with Crippen molar-refractivity contribution in [1.82, 2.24) is 9.73 Å². The Morgan fingerprint density at radius 3 is 2.41 bits per heavy atom. The van der Waals surface area contributed by atoms with E-state index in [-0.39, 0.29) is 40.4 Å². The monoisotopic (exact) mass is 457 g/mol. The largest absolute Gasteiger partial charge is 0.273 e. The molecule has 0 aliphatic carbocycles. The molecule has 0 saturated carbocycles. The lowest BCUT2D eigenvalue weighted by Gasteiger charge is -2.30. The second kappa shape index (κ2) is 9.21. The number of amides is 1. The molecule has 0 bridgehead atoms. The van der Waals surface area contributed by atoms with Gasteiger partial charge in [0.2, 0.25) is 15.9 Å². The third-order valence-electron chi connectivity index (χ3n) is 4.64. The van der Waals surface area contributed by atoms with Crippen LogP contribution in [0.5, 0.6) is 0 Å². The van der Waals surface area contributed by atoms with E-state index >= 15 is 0 Å². The van der Waals surface area contributed by atoms with Gasteiger partial charge in [-0.2, -0.15) is 9.41 Å². The molecule has 29 heavy (non-hydrogen) atoms. The number of halogens is 3. The first-order valence-electron chi connectivity index (χ1n) is 8.81. The maximum atomic E-state index is 13.7. The summed E-state index contributed by atoms with van der Waals surface area (Å²) in [6.07, 6.45) is 1.86. The molecule has 2 aromatic carbocycles. The van der Waals surface area contributed by atoms with Crippen molar-refractivity contribution in [2.75, 3.05) is 13.1 Å². The quantitative estimate of drug-likeness (QED) is 0.549.